The molecule has 0 fully saturated rings. The van der Waals surface area contributed by atoms with Crippen molar-refractivity contribution in [2.75, 3.05) is 0 Å². The quantitative estimate of drug-likeness (QED) is 0.826. The first kappa shape index (κ1) is 10.9. The molecule has 2 heterocycles. The van der Waals surface area contributed by atoms with Crippen molar-refractivity contribution < 1.29 is 4.52 Å². The first-order valence-corrected chi connectivity index (χ1v) is 5.45. The summed E-state index contributed by atoms with van der Waals surface area (Å²) in [7, 11) is 0. The van der Waals surface area contributed by atoms with Gasteiger partial charge in [-0.3, -0.25) is 0 Å². The number of rotatable bonds is 4. The van der Waals surface area contributed by atoms with E-state index in [0.29, 0.717) is 17.6 Å². The lowest BCUT2D eigenvalue weighted by Crippen LogP contribution is -2.18. The third kappa shape index (κ3) is 1.99. The smallest absolute Gasteiger partial charge is 0.244 e. The molecule has 0 saturated heterocycles. The molecule has 0 aliphatic heterocycles. The summed E-state index contributed by atoms with van der Waals surface area (Å²) in [5.74, 6) is 1.38. The van der Waals surface area contributed by atoms with Gasteiger partial charge in [0.2, 0.25) is 11.7 Å². The van der Waals surface area contributed by atoms with Gasteiger partial charge in [0.15, 0.2) is 0 Å². The summed E-state index contributed by atoms with van der Waals surface area (Å²) in [6.45, 7) is 4.16. The zero-order valence-corrected chi connectivity index (χ0v) is 9.47. The van der Waals surface area contributed by atoms with Crippen molar-refractivity contribution in [3.8, 4) is 11.5 Å². The standard InChI is InChI=1S/C11H16N4O/c1-3-7(2)9(12)11-14-10(15-16-11)8-5-4-6-13-8/h4-7,9,13H,3,12H2,1-2H3. The summed E-state index contributed by atoms with van der Waals surface area (Å²) in [5.41, 5.74) is 6.85. The van der Waals surface area contributed by atoms with Crippen LogP contribution in [0.25, 0.3) is 11.5 Å². The maximum Gasteiger partial charge on any atom is 0.244 e. The number of aromatic amines is 1. The fourth-order valence-electron chi connectivity index (χ4n) is 1.45. The highest BCUT2D eigenvalue weighted by Gasteiger charge is 2.20. The van der Waals surface area contributed by atoms with Crippen LogP contribution in [0.1, 0.15) is 32.2 Å². The minimum absolute atomic E-state index is 0.193. The van der Waals surface area contributed by atoms with Crippen LogP contribution in [0.4, 0.5) is 0 Å². The fourth-order valence-corrected chi connectivity index (χ4v) is 1.45. The molecule has 0 saturated carbocycles. The lowest BCUT2D eigenvalue weighted by Gasteiger charge is -2.12. The highest BCUT2D eigenvalue weighted by Crippen LogP contribution is 2.22. The van der Waals surface area contributed by atoms with Crippen LogP contribution in [-0.4, -0.2) is 15.1 Å². The van der Waals surface area contributed by atoms with Gasteiger partial charge in [0, 0.05) is 6.20 Å². The third-order valence-corrected chi connectivity index (χ3v) is 2.82. The molecular weight excluding hydrogens is 204 g/mol. The molecule has 2 atom stereocenters. The molecule has 5 heteroatoms. The van der Waals surface area contributed by atoms with E-state index in [1.807, 2.05) is 18.3 Å². The average Bonchev–Trinajstić information content (AvgIpc) is 2.96. The molecule has 86 valence electrons. The van der Waals surface area contributed by atoms with Crippen LogP contribution in [0.15, 0.2) is 22.9 Å². The van der Waals surface area contributed by atoms with Crippen LogP contribution >= 0.6 is 0 Å². The highest BCUT2D eigenvalue weighted by atomic mass is 16.5. The van der Waals surface area contributed by atoms with Crippen molar-refractivity contribution in [1.29, 1.82) is 0 Å². The molecule has 0 aliphatic carbocycles. The second kappa shape index (κ2) is 4.49. The van der Waals surface area contributed by atoms with E-state index < -0.39 is 0 Å². The number of hydrogen-bond donors (Lipinski definition) is 2. The molecule has 2 aromatic rings. The molecule has 2 aromatic heterocycles. The number of nitrogens with one attached hydrogen (secondary N) is 1. The predicted octanol–water partition coefficient (Wildman–Crippen LogP) is 2.11. The molecule has 5 nitrogen and oxygen atoms in total. The molecular formula is C11H16N4O. The van der Waals surface area contributed by atoms with Crippen molar-refractivity contribution in [1.82, 2.24) is 15.1 Å². The number of hydrogen-bond acceptors (Lipinski definition) is 4. The summed E-state index contributed by atoms with van der Waals surface area (Å²) in [6.07, 6.45) is 2.81. The van der Waals surface area contributed by atoms with Crippen molar-refractivity contribution in [2.24, 2.45) is 11.7 Å². The topological polar surface area (TPSA) is 80.7 Å². The van der Waals surface area contributed by atoms with Gasteiger partial charge in [-0.1, -0.05) is 25.4 Å². The van der Waals surface area contributed by atoms with E-state index in [2.05, 4.69) is 29.0 Å². The molecule has 0 aliphatic rings. The van der Waals surface area contributed by atoms with Crippen LogP contribution in [0.5, 0.6) is 0 Å². The van der Waals surface area contributed by atoms with Gasteiger partial charge in [0.25, 0.3) is 0 Å². The summed E-state index contributed by atoms with van der Waals surface area (Å²) >= 11 is 0. The van der Waals surface area contributed by atoms with Crippen LogP contribution in [0.3, 0.4) is 0 Å². The van der Waals surface area contributed by atoms with Crippen molar-refractivity contribution in [3.63, 3.8) is 0 Å². The van der Waals surface area contributed by atoms with Crippen LogP contribution in [-0.2, 0) is 0 Å². The van der Waals surface area contributed by atoms with E-state index in [0.717, 1.165) is 12.1 Å². The second-order valence-corrected chi connectivity index (χ2v) is 3.95. The molecule has 0 radical (unpaired) electrons. The minimum atomic E-state index is -0.193. The van der Waals surface area contributed by atoms with Gasteiger partial charge in [0.1, 0.15) is 0 Å². The van der Waals surface area contributed by atoms with E-state index in [1.54, 1.807) is 0 Å². The maximum atomic E-state index is 6.01. The Bertz CT molecular complexity index is 435. The van der Waals surface area contributed by atoms with Gasteiger partial charge in [-0.2, -0.15) is 4.98 Å². The summed E-state index contributed by atoms with van der Waals surface area (Å²) < 4.78 is 5.17. The van der Waals surface area contributed by atoms with Gasteiger partial charge in [0.05, 0.1) is 11.7 Å². The van der Waals surface area contributed by atoms with Crippen molar-refractivity contribution in [3.05, 3.63) is 24.2 Å². The molecule has 16 heavy (non-hydrogen) atoms. The Labute approximate surface area is 94.0 Å². The first-order valence-electron chi connectivity index (χ1n) is 5.45. The predicted molar refractivity (Wildman–Crippen MR) is 60.5 cm³/mol. The Morgan fingerprint density at radius 2 is 2.38 bits per heavy atom. The Kier molecular flexibility index (Phi) is 3.05. The normalized spacial score (nSPS) is 14.9. The average molecular weight is 220 g/mol. The number of H-pyrrole nitrogens is 1. The molecule has 0 aromatic carbocycles. The molecule has 0 amide bonds. The summed E-state index contributed by atoms with van der Waals surface area (Å²) in [5, 5.41) is 3.90. The highest BCUT2D eigenvalue weighted by molar-refractivity contribution is 5.47. The Hall–Kier alpha value is -1.62. The van der Waals surface area contributed by atoms with Crippen molar-refractivity contribution in [2.45, 2.75) is 26.3 Å². The first-order chi connectivity index (χ1) is 7.72. The lowest BCUT2D eigenvalue weighted by molar-refractivity contribution is 0.312. The molecule has 2 unspecified atom stereocenters. The lowest BCUT2D eigenvalue weighted by atomic mass is 10.0. The molecule has 0 bridgehead atoms. The monoisotopic (exact) mass is 220 g/mol. The number of aromatic nitrogens is 3. The maximum absolute atomic E-state index is 6.01. The van der Waals surface area contributed by atoms with E-state index in [4.69, 9.17) is 10.3 Å². The number of nitrogens with zero attached hydrogens (tertiary/aromatic N) is 2. The SMILES string of the molecule is CCC(C)C(N)c1nc(-c2ccc[nH]2)no1. The Morgan fingerprint density at radius 3 is 3.00 bits per heavy atom. The van der Waals surface area contributed by atoms with Gasteiger partial charge in [-0.15, -0.1) is 0 Å². The summed E-state index contributed by atoms with van der Waals surface area (Å²) in [4.78, 5) is 7.31. The van der Waals surface area contributed by atoms with Crippen LogP contribution in [0, 0.1) is 5.92 Å². The third-order valence-electron chi connectivity index (χ3n) is 2.82. The summed E-state index contributed by atoms with van der Waals surface area (Å²) in [6, 6.07) is 3.59. The van der Waals surface area contributed by atoms with Crippen LogP contribution < -0.4 is 5.73 Å². The molecule has 0 spiro atoms. The van der Waals surface area contributed by atoms with E-state index in [9.17, 15) is 0 Å². The number of nitrogens with two attached hydrogens (primary N) is 1. The van der Waals surface area contributed by atoms with E-state index in [-0.39, 0.29) is 6.04 Å². The fraction of sp³-hybridized carbons (Fsp3) is 0.455. The van der Waals surface area contributed by atoms with Gasteiger partial charge >= 0.3 is 0 Å². The second-order valence-electron chi connectivity index (χ2n) is 3.95. The zero-order valence-electron chi connectivity index (χ0n) is 9.47. The minimum Gasteiger partial charge on any atom is -0.359 e. The van der Waals surface area contributed by atoms with Crippen molar-refractivity contribution >= 4 is 0 Å². The van der Waals surface area contributed by atoms with Gasteiger partial charge in [-0.25, -0.2) is 0 Å². The van der Waals surface area contributed by atoms with E-state index in [1.165, 1.54) is 0 Å². The molecule has 3 N–H and O–H groups in total. The molecule has 2 rings (SSSR count). The van der Waals surface area contributed by atoms with Crippen LogP contribution in [0.2, 0.25) is 0 Å². The largest absolute Gasteiger partial charge is 0.359 e. The Morgan fingerprint density at radius 1 is 1.56 bits per heavy atom. The van der Waals surface area contributed by atoms with Gasteiger partial charge < -0.3 is 15.2 Å². The van der Waals surface area contributed by atoms with Gasteiger partial charge in [-0.05, 0) is 18.1 Å². The van der Waals surface area contributed by atoms with E-state index >= 15 is 0 Å². The zero-order chi connectivity index (χ0) is 11.5. The Balaban J connectivity index is 2.20.